The van der Waals surface area contributed by atoms with Crippen LogP contribution in [0.1, 0.15) is 0 Å². The van der Waals surface area contributed by atoms with Gasteiger partial charge >= 0.3 is 0 Å². The summed E-state index contributed by atoms with van der Waals surface area (Å²) in [5.41, 5.74) is 0.804. The normalized spacial score (nSPS) is 10.9. The lowest BCUT2D eigenvalue weighted by Crippen LogP contribution is -2.38. The second-order valence-corrected chi connectivity index (χ2v) is 8.78. The van der Waals surface area contributed by atoms with E-state index < -0.39 is 22.5 Å². The van der Waals surface area contributed by atoms with Gasteiger partial charge in [0.25, 0.3) is 10.0 Å². The Hall–Kier alpha value is -3.29. The number of anilines is 2. The molecular formula is C23H21ClN2O4S. The third-order valence-electron chi connectivity index (χ3n) is 4.22. The van der Waals surface area contributed by atoms with Crippen LogP contribution < -0.4 is 14.4 Å². The number of nitrogens with zero attached hydrogens (tertiary/aromatic N) is 1. The molecule has 1 N–H and O–H groups in total. The number of hydrogen-bond donors (Lipinski definition) is 1. The molecule has 0 aliphatic carbocycles. The van der Waals surface area contributed by atoms with Gasteiger partial charge in [-0.05, 0) is 54.6 Å². The lowest BCUT2D eigenvalue weighted by molar-refractivity contribution is -0.114. The number of hydrogen-bond acceptors (Lipinski definition) is 4. The fourth-order valence-corrected chi connectivity index (χ4v) is 4.40. The molecule has 0 radical (unpaired) electrons. The van der Waals surface area contributed by atoms with Gasteiger partial charge in [0, 0.05) is 10.7 Å². The van der Waals surface area contributed by atoms with Crippen molar-refractivity contribution in [1.82, 2.24) is 0 Å². The molecule has 3 rings (SSSR count). The third-order valence-corrected chi connectivity index (χ3v) is 6.24. The van der Waals surface area contributed by atoms with Crippen LogP contribution in [0.3, 0.4) is 0 Å². The molecule has 0 aliphatic heterocycles. The monoisotopic (exact) mass is 456 g/mol. The molecule has 0 atom stereocenters. The first-order chi connectivity index (χ1) is 14.9. The number of halogens is 1. The molecular weight excluding hydrogens is 436 g/mol. The van der Waals surface area contributed by atoms with Crippen molar-refractivity contribution in [3.8, 4) is 5.75 Å². The van der Waals surface area contributed by atoms with Gasteiger partial charge < -0.3 is 10.1 Å². The SMILES string of the molecule is C=CCOc1ccc(NC(=O)CN(c2cccc(Cl)c2)S(=O)(=O)c2ccccc2)cc1. The quantitative estimate of drug-likeness (QED) is 0.472. The van der Waals surface area contributed by atoms with Crippen LogP contribution in [0.4, 0.5) is 11.4 Å². The molecule has 3 aromatic carbocycles. The van der Waals surface area contributed by atoms with E-state index in [-0.39, 0.29) is 4.90 Å². The molecule has 0 heterocycles. The molecule has 1 amide bonds. The van der Waals surface area contributed by atoms with E-state index >= 15 is 0 Å². The van der Waals surface area contributed by atoms with Gasteiger partial charge in [-0.15, -0.1) is 0 Å². The predicted octanol–water partition coefficient (Wildman–Crippen LogP) is 4.74. The molecule has 160 valence electrons. The average Bonchev–Trinajstić information content (AvgIpc) is 2.77. The van der Waals surface area contributed by atoms with E-state index in [2.05, 4.69) is 11.9 Å². The maximum atomic E-state index is 13.3. The Balaban J connectivity index is 1.83. The summed E-state index contributed by atoms with van der Waals surface area (Å²) in [5, 5.41) is 3.07. The first-order valence-electron chi connectivity index (χ1n) is 9.37. The summed E-state index contributed by atoms with van der Waals surface area (Å²) >= 11 is 6.06. The van der Waals surface area contributed by atoms with E-state index in [4.69, 9.17) is 16.3 Å². The Morgan fingerprint density at radius 3 is 2.39 bits per heavy atom. The second kappa shape index (κ2) is 10.1. The molecule has 0 spiro atoms. The zero-order valence-electron chi connectivity index (χ0n) is 16.6. The number of ether oxygens (including phenoxy) is 1. The molecule has 8 heteroatoms. The van der Waals surface area contributed by atoms with Crippen LogP contribution in [0.2, 0.25) is 5.02 Å². The summed E-state index contributed by atoms with van der Waals surface area (Å²) in [6.45, 7) is 3.54. The molecule has 6 nitrogen and oxygen atoms in total. The van der Waals surface area contributed by atoms with Crippen molar-refractivity contribution in [2.45, 2.75) is 4.90 Å². The maximum Gasteiger partial charge on any atom is 0.264 e. The molecule has 0 aromatic heterocycles. The van der Waals surface area contributed by atoms with Crippen LogP contribution >= 0.6 is 11.6 Å². The van der Waals surface area contributed by atoms with E-state index in [1.165, 1.54) is 18.2 Å². The van der Waals surface area contributed by atoms with E-state index in [1.54, 1.807) is 66.7 Å². The van der Waals surface area contributed by atoms with Gasteiger partial charge in [0.2, 0.25) is 5.91 Å². The summed E-state index contributed by atoms with van der Waals surface area (Å²) in [6.07, 6.45) is 1.63. The third kappa shape index (κ3) is 5.87. The first kappa shape index (κ1) is 22.4. The lowest BCUT2D eigenvalue weighted by atomic mass is 10.3. The molecule has 0 fully saturated rings. The van der Waals surface area contributed by atoms with Crippen molar-refractivity contribution in [3.63, 3.8) is 0 Å². The fourth-order valence-electron chi connectivity index (χ4n) is 2.79. The van der Waals surface area contributed by atoms with Crippen molar-refractivity contribution >= 4 is 38.9 Å². The highest BCUT2D eigenvalue weighted by atomic mass is 35.5. The van der Waals surface area contributed by atoms with Crippen LogP contribution in [0.5, 0.6) is 5.75 Å². The zero-order valence-corrected chi connectivity index (χ0v) is 18.1. The Morgan fingerprint density at radius 2 is 1.74 bits per heavy atom. The zero-order chi connectivity index (χ0) is 22.3. The number of nitrogens with one attached hydrogen (secondary N) is 1. The molecule has 0 bridgehead atoms. The molecule has 0 unspecified atom stereocenters. The summed E-state index contributed by atoms with van der Waals surface area (Å²) < 4.78 is 33.0. The fraction of sp³-hybridized carbons (Fsp3) is 0.0870. The van der Waals surface area contributed by atoms with Crippen LogP contribution in [0.15, 0.2) is 96.4 Å². The Kier molecular flexibility index (Phi) is 7.33. The van der Waals surface area contributed by atoms with Gasteiger partial charge in [0.1, 0.15) is 18.9 Å². The molecule has 0 saturated carbocycles. The van der Waals surface area contributed by atoms with E-state index in [1.807, 2.05) is 0 Å². The van der Waals surface area contributed by atoms with E-state index in [0.29, 0.717) is 28.8 Å². The van der Waals surface area contributed by atoms with Gasteiger partial charge in [-0.1, -0.05) is 48.5 Å². The van der Waals surface area contributed by atoms with E-state index in [9.17, 15) is 13.2 Å². The Labute approximate surface area is 186 Å². The summed E-state index contributed by atoms with van der Waals surface area (Å²) in [5.74, 6) is 0.129. The highest BCUT2D eigenvalue weighted by molar-refractivity contribution is 7.92. The molecule has 31 heavy (non-hydrogen) atoms. The highest BCUT2D eigenvalue weighted by Crippen LogP contribution is 2.26. The minimum absolute atomic E-state index is 0.0755. The second-order valence-electron chi connectivity index (χ2n) is 6.48. The van der Waals surface area contributed by atoms with Crippen molar-refractivity contribution in [1.29, 1.82) is 0 Å². The number of rotatable bonds is 9. The standard InChI is InChI=1S/C23H21ClN2O4S/c1-2-15-30-21-13-11-19(12-14-21)25-23(27)17-26(20-8-6-7-18(24)16-20)31(28,29)22-9-4-3-5-10-22/h2-14,16H,1,15,17H2,(H,25,27). The minimum Gasteiger partial charge on any atom is -0.490 e. The number of sulfonamides is 1. The number of benzene rings is 3. The van der Waals surface area contributed by atoms with Crippen LogP contribution in [-0.4, -0.2) is 27.5 Å². The van der Waals surface area contributed by atoms with Crippen LogP contribution in [-0.2, 0) is 14.8 Å². The van der Waals surface area contributed by atoms with Crippen molar-refractivity contribution in [2.75, 3.05) is 22.8 Å². The smallest absolute Gasteiger partial charge is 0.264 e. The van der Waals surface area contributed by atoms with Crippen molar-refractivity contribution < 1.29 is 17.9 Å². The molecule has 0 saturated heterocycles. The van der Waals surface area contributed by atoms with E-state index in [0.717, 1.165) is 4.31 Å². The highest BCUT2D eigenvalue weighted by Gasteiger charge is 2.27. The lowest BCUT2D eigenvalue weighted by Gasteiger charge is -2.24. The summed E-state index contributed by atoms with van der Waals surface area (Å²) in [6, 6.07) is 21.0. The van der Waals surface area contributed by atoms with Gasteiger partial charge in [0.05, 0.1) is 10.6 Å². The minimum atomic E-state index is -3.99. The van der Waals surface area contributed by atoms with Gasteiger partial charge in [-0.2, -0.15) is 0 Å². The maximum absolute atomic E-state index is 13.3. The Bertz CT molecular complexity index is 1150. The van der Waals surface area contributed by atoms with Crippen molar-refractivity contribution in [3.05, 3.63) is 96.5 Å². The van der Waals surface area contributed by atoms with Gasteiger partial charge in [-0.3, -0.25) is 9.10 Å². The van der Waals surface area contributed by atoms with Gasteiger partial charge in [-0.25, -0.2) is 8.42 Å². The average molecular weight is 457 g/mol. The van der Waals surface area contributed by atoms with Crippen LogP contribution in [0.25, 0.3) is 0 Å². The van der Waals surface area contributed by atoms with Crippen molar-refractivity contribution in [2.24, 2.45) is 0 Å². The molecule has 0 aliphatic rings. The topological polar surface area (TPSA) is 75.7 Å². The van der Waals surface area contributed by atoms with Crippen LogP contribution in [0, 0.1) is 0 Å². The number of carbonyl (C=O) groups is 1. The first-order valence-corrected chi connectivity index (χ1v) is 11.2. The predicted molar refractivity (Wildman–Crippen MR) is 123 cm³/mol. The summed E-state index contributed by atoms with van der Waals surface area (Å²) in [4.78, 5) is 12.8. The van der Waals surface area contributed by atoms with Gasteiger partial charge in [0.15, 0.2) is 0 Å². The largest absolute Gasteiger partial charge is 0.490 e. The number of carbonyl (C=O) groups excluding carboxylic acids is 1. The summed E-state index contributed by atoms with van der Waals surface area (Å²) in [7, 11) is -3.99. The number of amides is 1. The Morgan fingerprint density at radius 1 is 1.03 bits per heavy atom. The molecule has 3 aromatic rings.